The lowest BCUT2D eigenvalue weighted by molar-refractivity contribution is 0.679. The zero-order valence-electron chi connectivity index (χ0n) is 9.13. The minimum atomic E-state index is 0.852. The van der Waals surface area contributed by atoms with Crippen LogP contribution in [0.25, 0.3) is 0 Å². The summed E-state index contributed by atoms with van der Waals surface area (Å²) < 4.78 is 0. The number of nitrogens with zero attached hydrogens (tertiary/aromatic N) is 1. The van der Waals surface area contributed by atoms with Crippen molar-refractivity contribution in [3.63, 3.8) is 0 Å². The van der Waals surface area contributed by atoms with Gasteiger partial charge < -0.3 is 4.90 Å². The Bertz CT molecular complexity index is 463. The summed E-state index contributed by atoms with van der Waals surface area (Å²) in [5.41, 5.74) is 4.76. The first-order valence-corrected chi connectivity index (χ1v) is 5.85. The van der Waals surface area contributed by atoms with Gasteiger partial charge in [0.15, 0.2) is 0 Å². The molecule has 0 spiro atoms. The molecule has 1 nitrogen and oxygen atoms in total. The van der Waals surface area contributed by atoms with Crippen LogP contribution in [0, 0.1) is 13.8 Å². The van der Waals surface area contributed by atoms with E-state index in [2.05, 4.69) is 32.9 Å². The number of aryl methyl sites for hydroxylation is 2. The molecular weight excluding hydrogens is 222 g/mol. The summed E-state index contributed by atoms with van der Waals surface area (Å²) in [6.07, 6.45) is 0. The molecule has 0 N–H and O–H groups in total. The zero-order chi connectivity index (χ0) is 11.2. The molecule has 1 aliphatic rings. The van der Waals surface area contributed by atoms with E-state index >= 15 is 0 Å². The highest BCUT2D eigenvalue weighted by atomic mass is 32.1. The van der Waals surface area contributed by atoms with Gasteiger partial charge in [-0.15, -0.1) is 0 Å². The average Bonchev–Trinajstić information content (AvgIpc) is 2.39. The third-order valence-electron chi connectivity index (χ3n) is 2.73. The van der Waals surface area contributed by atoms with Gasteiger partial charge in [-0.05, 0) is 32.4 Å². The Morgan fingerprint density at radius 2 is 1.80 bits per heavy atom. The van der Waals surface area contributed by atoms with E-state index in [4.69, 9.17) is 24.4 Å². The van der Waals surface area contributed by atoms with Gasteiger partial charge in [0, 0.05) is 17.7 Å². The molecular formula is C12H13NS2. The number of hydrogen-bond acceptors (Lipinski definition) is 2. The van der Waals surface area contributed by atoms with E-state index in [1.165, 1.54) is 11.1 Å². The van der Waals surface area contributed by atoms with E-state index < -0.39 is 0 Å². The Hall–Kier alpha value is -0.800. The average molecular weight is 235 g/mol. The van der Waals surface area contributed by atoms with Crippen LogP contribution >= 0.6 is 24.4 Å². The van der Waals surface area contributed by atoms with Gasteiger partial charge in [-0.1, -0.05) is 36.1 Å². The second-order valence-electron chi connectivity index (χ2n) is 3.86. The normalized spacial score (nSPS) is 14.7. The Kier molecular flexibility index (Phi) is 2.61. The standard InChI is InChI=1S/C12H13NS2/c1-4-13-11(14)9-6-7(2)5-8(3)10(9)12(13)15/h5-6H,4H2,1-3H3. The molecule has 2 rings (SSSR count). The monoisotopic (exact) mass is 235 g/mol. The predicted molar refractivity (Wildman–Crippen MR) is 71.7 cm³/mol. The lowest BCUT2D eigenvalue weighted by atomic mass is 10.0. The highest BCUT2D eigenvalue weighted by Gasteiger charge is 2.29. The van der Waals surface area contributed by atoms with Crippen molar-refractivity contribution in [2.75, 3.05) is 6.54 Å². The third kappa shape index (κ3) is 1.50. The molecule has 0 atom stereocenters. The fourth-order valence-corrected chi connectivity index (χ4v) is 3.01. The van der Waals surface area contributed by atoms with Crippen molar-refractivity contribution >= 4 is 34.4 Å². The maximum absolute atomic E-state index is 5.44. The third-order valence-corrected chi connectivity index (χ3v) is 3.60. The smallest absolute Gasteiger partial charge is 0.115 e. The van der Waals surface area contributed by atoms with Gasteiger partial charge in [0.25, 0.3) is 0 Å². The minimum absolute atomic E-state index is 0.852. The summed E-state index contributed by atoms with van der Waals surface area (Å²) in [6, 6.07) is 4.29. The highest BCUT2D eigenvalue weighted by molar-refractivity contribution is 7.82. The largest absolute Gasteiger partial charge is 0.323 e. The molecule has 0 aliphatic carbocycles. The van der Waals surface area contributed by atoms with Gasteiger partial charge in [-0.25, -0.2) is 0 Å². The van der Waals surface area contributed by atoms with Crippen LogP contribution in [0.2, 0.25) is 0 Å². The topological polar surface area (TPSA) is 3.24 Å². The molecule has 15 heavy (non-hydrogen) atoms. The van der Waals surface area contributed by atoms with Crippen molar-refractivity contribution in [2.45, 2.75) is 20.8 Å². The van der Waals surface area contributed by atoms with Crippen LogP contribution in [0.4, 0.5) is 0 Å². The first-order chi connectivity index (χ1) is 7.06. The second-order valence-corrected chi connectivity index (χ2v) is 4.63. The van der Waals surface area contributed by atoms with Crippen LogP contribution in [-0.2, 0) is 0 Å². The molecule has 0 bridgehead atoms. The van der Waals surface area contributed by atoms with Crippen LogP contribution in [-0.4, -0.2) is 21.4 Å². The molecule has 78 valence electrons. The van der Waals surface area contributed by atoms with Crippen molar-refractivity contribution < 1.29 is 0 Å². The molecule has 1 aromatic carbocycles. The quantitative estimate of drug-likeness (QED) is 0.689. The zero-order valence-corrected chi connectivity index (χ0v) is 10.8. The number of thiocarbonyl (C=S) groups is 2. The van der Waals surface area contributed by atoms with Gasteiger partial charge >= 0.3 is 0 Å². The Labute approximate surface area is 101 Å². The van der Waals surface area contributed by atoms with Crippen LogP contribution in [0.5, 0.6) is 0 Å². The van der Waals surface area contributed by atoms with Crippen molar-refractivity contribution in [1.29, 1.82) is 0 Å². The number of fused-ring (bicyclic) bond motifs is 1. The van der Waals surface area contributed by atoms with E-state index in [0.717, 1.165) is 27.6 Å². The highest BCUT2D eigenvalue weighted by Crippen LogP contribution is 2.28. The first kappa shape index (κ1) is 10.7. The van der Waals surface area contributed by atoms with Gasteiger partial charge in [0.05, 0.1) is 0 Å². The molecule has 0 radical (unpaired) electrons. The summed E-state index contributed by atoms with van der Waals surface area (Å²) >= 11 is 10.9. The summed E-state index contributed by atoms with van der Waals surface area (Å²) in [7, 11) is 0. The molecule has 1 aliphatic heterocycles. The van der Waals surface area contributed by atoms with E-state index in [1.54, 1.807) is 0 Å². The lowest BCUT2D eigenvalue weighted by Gasteiger charge is -2.14. The van der Waals surface area contributed by atoms with Gasteiger partial charge in [-0.3, -0.25) is 0 Å². The van der Waals surface area contributed by atoms with Crippen molar-refractivity contribution in [3.8, 4) is 0 Å². The van der Waals surface area contributed by atoms with Crippen molar-refractivity contribution in [2.24, 2.45) is 0 Å². The lowest BCUT2D eigenvalue weighted by Crippen LogP contribution is -2.27. The van der Waals surface area contributed by atoms with Gasteiger partial charge in [-0.2, -0.15) is 0 Å². The van der Waals surface area contributed by atoms with E-state index in [-0.39, 0.29) is 0 Å². The SMILES string of the molecule is CCN1C(=S)c2cc(C)cc(C)c2C1=S. The predicted octanol–water partition coefficient (Wildman–Crippen LogP) is 2.99. The van der Waals surface area contributed by atoms with E-state index in [9.17, 15) is 0 Å². The molecule has 0 fully saturated rings. The molecule has 0 unspecified atom stereocenters. The summed E-state index contributed by atoms with van der Waals surface area (Å²) in [5, 5.41) is 0. The summed E-state index contributed by atoms with van der Waals surface area (Å²) in [6.45, 7) is 7.12. The molecule has 0 amide bonds. The minimum Gasteiger partial charge on any atom is -0.323 e. The number of rotatable bonds is 1. The van der Waals surface area contributed by atoms with Crippen LogP contribution in [0.1, 0.15) is 29.2 Å². The molecule has 3 heteroatoms. The van der Waals surface area contributed by atoms with Crippen LogP contribution in [0.15, 0.2) is 12.1 Å². The van der Waals surface area contributed by atoms with Gasteiger partial charge in [0.2, 0.25) is 0 Å². The van der Waals surface area contributed by atoms with Crippen molar-refractivity contribution in [1.82, 2.24) is 4.90 Å². The van der Waals surface area contributed by atoms with Crippen molar-refractivity contribution in [3.05, 3.63) is 34.4 Å². The molecule has 1 aromatic rings. The number of benzene rings is 1. The maximum Gasteiger partial charge on any atom is 0.115 e. The Balaban J connectivity index is 2.67. The second kappa shape index (κ2) is 3.65. The Morgan fingerprint density at radius 1 is 1.13 bits per heavy atom. The maximum atomic E-state index is 5.44. The van der Waals surface area contributed by atoms with Crippen LogP contribution in [0.3, 0.4) is 0 Å². The van der Waals surface area contributed by atoms with E-state index in [0.29, 0.717) is 0 Å². The van der Waals surface area contributed by atoms with Crippen LogP contribution < -0.4 is 0 Å². The Morgan fingerprint density at radius 3 is 2.40 bits per heavy atom. The molecule has 0 saturated carbocycles. The fourth-order valence-electron chi connectivity index (χ4n) is 2.08. The summed E-state index contributed by atoms with van der Waals surface area (Å²) in [5.74, 6) is 0. The first-order valence-electron chi connectivity index (χ1n) is 5.03. The van der Waals surface area contributed by atoms with Gasteiger partial charge in [0.1, 0.15) is 9.98 Å². The molecule has 0 saturated heterocycles. The molecule has 1 heterocycles. The molecule has 0 aromatic heterocycles. The summed E-state index contributed by atoms with van der Waals surface area (Å²) in [4.78, 5) is 3.79. The fraction of sp³-hybridized carbons (Fsp3) is 0.333. The number of hydrogen-bond donors (Lipinski definition) is 0. The van der Waals surface area contributed by atoms with E-state index in [1.807, 2.05) is 4.90 Å².